The Bertz CT molecular complexity index is 551. The molecule has 0 spiro atoms. The largest absolute Gasteiger partial charge is 0.389 e. The van der Waals surface area contributed by atoms with Gasteiger partial charge in [-0.15, -0.1) is 0 Å². The second kappa shape index (κ2) is 6.46. The number of hydrogen-bond donors (Lipinski definition) is 2. The first kappa shape index (κ1) is 14.4. The molecule has 2 aromatic rings. The minimum absolute atomic E-state index is 0.320. The van der Waals surface area contributed by atoms with Gasteiger partial charge in [0.2, 0.25) is 0 Å². The summed E-state index contributed by atoms with van der Waals surface area (Å²) in [5.41, 5.74) is 1.29. The number of carbonyl (C=O) groups is 1. The van der Waals surface area contributed by atoms with Gasteiger partial charge in [-0.1, -0.05) is 67.6 Å². The summed E-state index contributed by atoms with van der Waals surface area (Å²) in [5.74, 6) is -0.778. The van der Waals surface area contributed by atoms with E-state index in [1.165, 1.54) is 0 Å². The molecular weight excluding hydrogens is 252 g/mol. The van der Waals surface area contributed by atoms with Gasteiger partial charge in [0.15, 0.2) is 5.78 Å². The number of carbonyl (C=O) groups excluding carboxylic acids is 1. The minimum Gasteiger partial charge on any atom is -0.389 e. The lowest BCUT2D eigenvalue weighted by Crippen LogP contribution is -2.37. The van der Waals surface area contributed by atoms with Crippen molar-refractivity contribution in [3.8, 4) is 0 Å². The van der Waals surface area contributed by atoms with Gasteiger partial charge in [-0.05, 0) is 5.56 Å². The molecule has 0 saturated carbocycles. The molecule has 0 heterocycles. The molecule has 0 radical (unpaired) electrons. The normalized spacial score (nSPS) is 15.3. The molecule has 0 aliphatic heterocycles. The van der Waals surface area contributed by atoms with Crippen molar-refractivity contribution in [2.24, 2.45) is 0 Å². The maximum atomic E-state index is 12.1. The van der Waals surface area contributed by atoms with Crippen LogP contribution >= 0.6 is 0 Å². The Morgan fingerprint density at radius 1 is 0.900 bits per heavy atom. The summed E-state index contributed by atoms with van der Waals surface area (Å²) in [7, 11) is 0. The number of rotatable bonds is 5. The third-order valence-electron chi connectivity index (χ3n) is 3.49. The van der Waals surface area contributed by atoms with Gasteiger partial charge in [0, 0.05) is 11.5 Å². The molecule has 0 aliphatic rings. The van der Waals surface area contributed by atoms with E-state index in [2.05, 4.69) is 0 Å². The number of hydrogen-bond acceptors (Lipinski definition) is 3. The molecule has 0 aromatic heterocycles. The van der Waals surface area contributed by atoms with Crippen LogP contribution in [0.4, 0.5) is 0 Å². The van der Waals surface area contributed by atoms with E-state index >= 15 is 0 Å². The van der Waals surface area contributed by atoms with Crippen LogP contribution in [0.3, 0.4) is 0 Å². The van der Waals surface area contributed by atoms with Crippen LogP contribution in [0.2, 0.25) is 0 Å². The Balaban J connectivity index is 2.13. The number of ketones is 1. The van der Waals surface area contributed by atoms with Gasteiger partial charge >= 0.3 is 0 Å². The summed E-state index contributed by atoms with van der Waals surface area (Å²) in [6.45, 7) is 1.79. The van der Waals surface area contributed by atoms with Gasteiger partial charge < -0.3 is 10.2 Å². The van der Waals surface area contributed by atoms with Crippen molar-refractivity contribution < 1.29 is 15.0 Å². The number of Topliss-reactive ketones (excluding diaryl/α,β-unsaturated/α-hetero) is 1. The lowest BCUT2D eigenvalue weighted by atomic mass is 9.89. The summed E-state index contributed by atoms with van der Waals surface area (Å²) < 4.78 is 0. The predicted molar refractivity (Wildman–Crippen MR) is 77.6 cm³/mol. The van der Waals surface area contributed by atoms with Gasteiger partial charge in [0.25, 0.3) is 0 Å². The Hall–Kier alpha value is -1.97. The zero-order chi connectivity index (χ0) is 14.5. The second-order valence-electron chi connectivity index (χ2n) is 4.87. The zero-order valence-corrected chi connectivity index (χ0v) is 11.3. The predicted octanol–water partition coefficient (Wildman–Crippen LogP) is 2.39. The Morgan fingerprint density at radius 3 is 1.95 bits per heavy atom. The van der Waals surface area contributed by atoms with Crippen LogP contribution in [-0.2, 0) is 0 Å². The van der Waals surface area contributed by atoms with Crippen molar-refractivity contribution in [3.05, 3.63) is 71.8 Å². The molecule has 2 N–H and O–H groups in total. The fourth-order valence-corrected chi connectivity index (χ4v) is 2.16. The standard InChI is InChI=1S/C17H18O3/c1-12(13-8-4-2-5-9-13)15(18)17(20)16(19)14-10-6-3-7-11-14/h2-12,15,17-18,20H,1H3/t12?,15-,17+/m1/s1. The highest BCUT2D eigenvalue weighted by Crippen LogP contribution is 2.22. The summed E-state index contributed by atoms with van der Waals surface area (Å²) in [5, 5.41) is 20.3. The molecule has 3 heteroatoms. The molecule has 2 rings (SSSR count). The van der Waals surface area contributed by atoms with E-state index in [0.29, 0.717) is 5.56 Å². The topological polar surface area (TPSA) is 57.5 Å². The molecule has 0 bridgehead atoms. The van der Waals surface area contributed by atoms with E-state index in [1.54, 1.807) is 37.3 Å². The van der Waals surface area contributed by atoms with E-state index in [0.717, 1.165) is 5.56 Å². The van der Waals surface area contributed by atoms with E-state index in [-0.39, 0.29) is 5.92 Å². The van der Waals surface area contributed by atoms with E-state index in [9.17, 15) is 15.0 Å². The van der Waals surface area contributed by atoms with Crippen molar-refractivity contribution in [1.82, 2.24) is 0 Å². The number of benzene rings is 2. The molecule has 2 aromatic carbocycles. The van der Waals surface area contributed by atoms with Gasteiger partial charge in [-0.25, -0.2) is 0 Å². The van der Waals surface area contributed by atoms with Crippen LogP contribution in [0, 0.1) is 0 Å². The Morgan fingerprint density at radius 2 is 1.40 bits per heavy atom. The van der Waals surface area contributed by atoms with Crippen LogP contribution in [-0.4, -0.2) is 28.2 Å². The lowest BCUT2D eigenvalue weighted by molar-refractivity contribution is 0.0114. The average molecular weight is 270 g/mol. The van der Waals surface area contributed by atoms with Crippen LogP contribution in [0.15, 0.2) is 60.7 Å². The Labute approximate surface area is 118 Å². The average Bonchev–Trinajstić information content (AvgIpc) is 2.53. The molecular formula is C17H18O3. The van der Waals surface area contributed by atoms with Crippen LogP contribution in [0.5, 0.6) is 0 Å². The Kier molecular flexibility index (Phi) is 4.66. The van der Waals surface area contributed by atoms with E-state index < -0.39 is 18.0 Å². The third kappa shape index (κ3) is 3.13. The molecule has 0 saturated heterocycles. The minimum atomic E-state index is -1.42. The second-order valence-corrected chi connectivity index (χ2v) is 4.87. The van der Waals surface area contributed by atoms with Crippen molar-refractivity contribution >= 4 is 5.78 Å². The maximum absolute atomic E-state index is 12.1. The summed E-state index contributed by atoms with van der Waals surface area (Å²) in [4.78, 5) is 12.1. The van der Waals surface area contributed by atoms with E-state index in [4.69, 9.17) is 0 Å². The van der Waals surface area contributed by atoms with Gasteiger partial charge in [-0.3, -0.25) is 4.79 Å². The van der Waals surface area contributed by atoms with Gasteiger partial charge in [0.05, 0.1) is 6.10 Å². The first-order valence-corrected chi connectivity index (χ1v) is 6.61. The molecule has 20 heavy (non-hydrogen) atoms. The number of aliphatic hydroxyl groups excluding tert-OH is 2. The van der Waals surface area contributed by atoms with Gasteiger partial charge in [-0.2, -0.15) is 0 Å². The quantitative estimate of drug-likeness (QED) is 0.820. The molecule has 3 nitrogen and oxygen atoms in total. The highest BCUT2D eigenvalue weighted by atomic mass is 16.3. The molecule has 0 amide bonds. The van der Waals surface area contributed by atoms with E-state index in [1.807, 2.05) is 30.3 Å². The molecule has 0 aliphatic carbocycles. The number of aliphatic hydroxyl groups is 2. The van der Waals surface area contributed by atoms with Crippen molar-refractivity contribution in [2.75, 3.05) is 0 Å². The third-order valence-corrected chi connectivity index (χ3v) is 3.49. The van der Waals surface area contributed by atoms with Crippen molar-refractivity contribution in [1.29, 1.82) is 0 Å². The van der Waals surface area contributed by atoms with Crippen molar-refractivity contribution in [3.63, 3.8) is 0 Å². The molecule has 3 atom stereocenters. The summed E-state index contributed by atoms with van der Waals surface area (Å²) in [6.07, 6.45) is -2.56. The molecule has 104 valence electrons. The lowest BCUT2D eigenvalue weighted by Gasteiger charge is -2.23. The van der Waals surface area contributed by atoms with Gasteiger partial charge in [0.1, 0.15) is 6.10 Å². The monoisotopic (exact) mass is 270 g/mol. The first-order chi connectivity index (χ1) is 9.61. The van der Waals surface area contributed by atoms with Crippen LogP contribution in [0.25, 0.3) is 0 Å². The molecule has 0 fully saturated rings. The fourth-order valence-electron chi connectivity index (χ4n) is 2.16. The first-order valence-electron chi connectivity index (χ1n) is 6.61. The van der Waals surface area contributed by atoms with Crippen LogP contribution in [0.1, 0.15) is 28.8 Å². The summed E-state index contributed by atoms with van der Waals surface area (Å²) >= 11 is 0. The zero-order valence-electron chi connectivity index (χ0n) is 11.3. The SMILES string of the molecule is CC(c1ccccc1)[C@@H](O)[C@H](O)C(=O)c1ccccc1. The summed E-state index contributed by atoms with van der Waals surface area (Å²) in [6, 6.07) is 17.9. The molecule has 1 unspecified atom stereocenters. The van der Waals surface area contributed by atoms with Crippen LogP contribution < -0.4 is 0 Å². The van der Waals surface area contributed by atoms with Crippen molar-refractivity contribution in [2.45, 2.75) is 25.0 Å². The highest BCUT2D eigenvalue weighted by molar-refractivity contribution is 5.99. The fraction of sp³-hybridized carbons (Fsp3) is 0.235. The smallest absolute Gasteiger partial charge is 0.193 e. The maximum Gasteiger partial charge on any atom is 0.193 e. The highest BCUT2D eigenvalue weighted by Gasteiger charge is 2.30.